The number of nitrogens with zero attached hydrogens (tertiary/aromatic N) is 5. The number of carbonyl (C=O) groups is 2. The molecule has 0 saturated carbocycles. The van der Waals surface area contributed by atoms with Crippen molar-refractivity contribution in [3.63, 3.8) is 0 Å². The van der Waals surface area contributed by atoms with E-state index < -0.39 is 12.1 Å². The lowest BCUT2D eigenvalue weighted by atomic mass is 10.2. The first-order chi connectivity index (χ1) is 14.0. The van der Waals surface area contributed by atoms with Gasteiger partial charge in [0.15, 0.2) is 0 Å². The van der Waals surface area contributed by atoms with E-state index in [0.717, 1.165) is 17.2 Å². The van der Waals surface area contributed by atoms with Crippen molar-refractivity contribution in [3.8, 4) is 5.69 Å². The van der Waals surface area contributed by atoms with E-state index in [-0.39, 0.29) is 5.91 Å². The number of hydrogen-bond acceptors (Lipinski definition) is 5. The summed E-state index contributed by atoms with van der Waals surface area (Å²) in [6.07, 6.45) is 3.49. The lowest BCUT2D eigenvalue weighted by Gasteiger charge is -2.01. The Morgan fingerprint density at radius 2 is 1.90 bits per heavy atom. The number of aryl methyl sites for hydroxylation is 1. The van der Waals surface area contributed by atoms with Crippen LogP contribution in [0.5, 0.6) is 0 Å². The number of aliphatic carboxylic acids is 1. The van der Waals surface area contributed by atoms with Crippen LogP contribution in [0.15, 0.2) is 31.1 Å². The van der Waals surface area contributed by atoms with E-state index in [9.17, 15) is 18.0 Å². The second kappa shape index (κ2) is 9.24. The average molecular weight is 427 g/mol. The maximum absolute atomic E-state index is 12.2. The summed E-state index contributed by atoms with van der Waals surface area (Å²) in [5.41, 5.74) is 2.08. The molecule has 0 aromatic carbocycles. The number of amides is 1. The van der Waals surface area contributed by atoms with E-state index >= 15 is 0 Å². The number of imidazole rings is 2. The molecule has 0 unspecified atom stereocenters. The van der Waals surface area contributed by atoms with Crippen molar-refractivity contribution in [2.24, 2.45) is 7.05 Å². The summed E-state index contributed by atoms with van der Waals surface area (Å²) in [5.74, 6) is -1.74. The Balaban J connectivity index is 0.000000396. The molecule has 0 aliphatic carbocycles. The van der Waals surface area contributed by atoms with Gasteiger partial charge in [0.25, 0.3) is 5.91 Å². The van der Waals surface area contributed by atoms with Crippen LogP contribution in [0.2, 0.25) is 0 Å². The molecule has 162 valence electrons. The van der Waals surface area contributed by atoms with Crippen molar-refractivity contribution in [3.05, 3.63) is 48.3 Å². The van der Waals surface area contributed by atoms with Gasteiger partial charge >= 0.3 is 12.1 Å². The van der Waals surface area contributed by atoms with Gasteiger partial charge in [-0.25, -0.2) is 14.8 Å². The van der Waals surface area contributed by atoms with Crippen LogP contribution in [0.3, 0.4) is 0 Å². The molecule has 0 radical (unpaired) electrons. The quantitative estimate of drug-likeness (QED) is 0.571. The van der Waals surface area contributed by atoms with E-state index in [1.165, 1.54) is 0 Å². The average Bonchev–Trinajstić information content (AvgIpc) is 3.39. The smallest absolute Gasteiger partial charge is 0.475 e. The van der Waals surface area contributed by atoms with E-state index in [1.54, 1.807) is 34.2 Å². The van der Waals surface area contributed by atoms with Gasteiger partial charge in [0, 0.05) is 25.4 Å². The Labute approximate surface area is 168 Å². The van der Waals surface area contributed by atoms with E-state index in [0.29, 0.717) is 18.2 Å². The zero-order valence-corrected chi connectivity index (χ0v) is 16.3. The Hall–Kier alpha value is -3.64. The molecular formula is C17H20F3N7O3. The first-order valence-electron chi connectivity index (χ1n) is 8.62. The molecule has 0 spiro atoms. The van der Waals surface area contributed by atoms with Crippen LogP contribution in [0, 0.1) is 0 Å². The van der Waals surface area contributed by atoms with Gasteiger partial charge in [0.1, 0.15) is 17.8 Å². The number of rotatable bonds is 5. The molecule has 3 aromatic rings. The van der Waals surface area contributed by atoms with Gasteiger partial charge in [0.05, 0.1) is 30.3 Å². The number of carboxylic acids is 1. The Morgan fingerprint density at radius 3 is 2.40 bits per heavy atom. The maximum atomic E-state index is 12.2. The number of carbonyl (C=O) groups excluding carboxylic acids is 1. The summed E-state index contributed by atoms with van der Waals surface area (Å²) in [6.45, 7) is 4.51. The summed E-state index contributed by atoms with van der Waals surface area (Å²) in [4.78, 5) is 32.7. The molecule has 30 heavy (non-hydrogen) atoms. The second-order valence-electron chi connectivity index (χ2n) is 6.47. The number of nitrogens with one attached hydrogen (secondary N) is 2. The zero-order chi connectivity index (χ0) is 22.5. The van der Waals surface area contributed by atoms with Gasteiger partial charge in [-0.3, -0.25) is 9.48 Å². The van der Waals surface area contributed by atoms with Crippen molar-refractivity contribution in [2.45, 2.75) is 32.5 Å². The molecule has 3 rings (SSSR count). The molecule has 0 fully saturated rings. The van der Waals surface area contributed by atoms with Crippen molar-refractivity contribution in [2.75, 3.05) is 0 Å². The fourth-order valence-electron chi connectivity index (χ4n) is 2.15. The van der Waals surface area contributed by atoms with E-state index in [1.807, 2.05) is 13.2 Å². The number of aromatic nitrogens is 6. The highest BCUT2D eigenvalue weighted by Gasteiger charge is 2.38. The zero-order valence-electron chi connectivity index (χ0n) is 16.3. The predicted octanol–water partition coefficient (Wildman–Crippen LogP) is 2.02. The minimum absolute atomic E-state index is 0.228. The van der Waals surface area contributed by atoms with Crippen LogP contribution in [-0.2, 0) is 18.4 Å². The summed E-state index contributed by atoms with van der Waals surface area (Å²) in [6, 6.07) is 0. The number of halogens is 3. The molecule has 3 aromatic heterocycles. The molecule has 3 heterocycles. The third-order valence-electron chi connectivity index (χ3n) is 3.68. The van der Waals surface area contributed by atoms with Gasteiger partial charge in [-0.1, -0.05) is 13.8 Å². The number of alkyl halides is 3. The van der Waals surface area contributed by atoms with Crippen molar-refractivity contribution in [1.29, 1.82) is 0 Å². The first-order valence-corrected chi connectivity index (χ1v) is 8.62. The van der Waals surface area contributed by atoms with Crippen LogP contribution in [-0.4, -0.2) is 52.5 Å². The molecule has 0 aliphatic rings. The molecule has 0 atom stereocenters. The molecule has 3 N–H and O–H groups in total. The van der Waals surface area contributed by atoms with Crippen LogP contribution in [0.25, 0.3) is 5.69 Å². The molecule has 0 saturated heterocycles. The van der Waals surface area contributed by atoms with Gasteiger partial charge in [-0.2, -0.15) is 18.3 Å². The molecule has 1 amide bonds. The van der Waals surface area contributed by atoms with Gasteiger partial charge in [-0.05, 0) is 0 Å². The second-order valence-corrected chi connectivity index (χ2v) is 6.47. The third kappa shape index (κ3) is 6.18. The summed E-state index contributed by atoms with van der Waals surface area (Å²) < 4.78 is 35.2. The standard InChI is InChI=1S/C15H19N7O.C2HF3O2/c1-10(2)14-16-4-11(20-14)5-17-15(23)13-8-22(9-18-13)12-6-19-21(3)7-12;3-2(4,5)1(6)7/h4,6-10H,5H2,1-3H3,(H,16,20)(H,17,23);(H,6,7). The minimum atomic E-state index is -5.08. The van der Waals surface area contributed by atoms with Crippen LogP contribution >= 0.6 is 0 Å². The van der Waals surface area contributed by atoms with E-state index in [4.69, 9.17) is 9.90 Å². The molecular weight excluding hydrogens is 407 g/mol. The lowest BCUT2D eigenvalue weighted by Crippen LogP contribution is -2.23. The Kier molecular flexibility index (Phi) is 6.97. The highest BCUT2D eigenvalue weighted by atomic mass is 19.4. The van der Waals surface area contributed by atoms with Gasteiger partial charge in [-0.15, -0.1) is 0 Å². The van der Waals surface area contributed by atoms with Gasteiger partial charge < -0.3 is 20.0 Å². The summed E-state index contributed by atoms with van der Waals surface area (Å²) in [7, 11) is 1.84. The topological polar surface area (TPSA) is 131 Å². The Bertz CT molecular complexity index is 1000. The normalized spacial score (nSPS) is 11.2. The van der Waals surface area contributed by atoms with Crippen molar-refractivity contribution >= 4 is 11.9 Å². The molecule has 13 heteroatoms. The van der Waals surface area contributed by atoms with Crippen LogP contribution in [0.4, 0.5) is 13.2 Å². The fourth-order valence-corrected chi connectivity index (χ4v) is 2.15. The Morgan fingerprint density at radius 1 is 1.23 bits per heavy atom. The number of aromatic amines is 1. The highest BCUT2D eigenvalue weighted by Crippen LogP contribution is 2.13. The minimum Gasteiger partial charge on any atom is -0.475 e. The fraction of sp³-hybridized carbons (Fsp3) is 0.353. The summed E-state index contributed by atoms with van der Waals surface area (Å²) in [5, 5.41) is 14.1. The van der Waals surface area contributed by atoms with Crippen molar-refractivity contribution in [1.82, 2.24) is 34.6 Å². The maximum Gasteiger partial charge on any atom is 0.490 e. The van der Waals surface area contributed by atoms with E-state index in [2.05, 4.69) is 39.2 Å². The molecule has 0 bridgehead atoms. The molecule has 0 aliphatic heterocycles. The summed E-state index contributed by atoms with van der Waals surface area (Å²) >= 11 is 0. The first kappa shape index (κ1) is 22.6. The number of H-pyrrole nitrogens is 1. The predicted molar refractivity (Wildman–Crippen MR) is 97.9 cm³/mol. The number of carboxylic acid groups (broad SMARTS) is 1. The lowest BCUT2D eigenvalue weighted by molar-refractivity contribution is -0.192. The highest BCUT2D eigenvalue weighted by molar-refractivity contribution is 5.92. The third-order valence-corrected chi connectivity index (χ3v) is 3.68. The van der Waals surface area contributed by atoms with Crippen molar-refractivity contribution < 1.29 is 27.9 Å². The number of hydrogen-bond donors (Lipinski definition) is 3. The van der Waals surface area contributed by atoms with Crippen LogP contribution in [0.1, 0.15) is 41.8 Å². The monoisotopic (exact) mass is 427 g/mol. The largest absolute Gasteiger partial charge is 0.490 e. The van der Waals surface area contributed by atoms with Crippen LogP contribution < -0.4 is 5.32 Å². The van der Waals surface area contributed by atoms with Gasteiger partial charge in [0.2, 0.25) is 0 Å². The molecule has 10 nitrogen and oxygen atoms in total. The SMILES string of the molecule is CC(C)c1ncc(CNC(=O)c2cn(-c3cnn(C)c3)cn2)[nH]1.O=C(O)C(F)(F)F.